The van der Waals surface area contributed by atoms with Gasteiger partial charge < -0.3 is 18.4 Å². The summed E-state index contributed by atoms with van der Waals surface area (Å²) in [6.07, 6.45) is 4.24. The summed E-state index contributed by atoms with van der Waals surface area (Å²) in [4.78, 5) is 0. The van der Waals surface area contributed by atoms with E-state index < -0.39 is 0 Å². The second kappa shape index (κ2) is 12.6. The van der Waals surface area contributed by atoms with Crippen molar-refractivity contribution in [1.82, 2.24) is 0 Å². The van der Waals surface area contributed by atoms with Gasteiger partial charge >= 0.3 is 0 Å². The zero-order chi connectivity index (χ0) is 5.70. The van der Waals surface area contributed by atoms with Crippen LogP contribution in [0.1, 0.15) is 19.8 Å². The second-order valence-corrected chi connectivity index (χ2v) is 1.59. The molecule has 0 saturated heterocycles. The van der Waals surface area contributed by atoms with Crippen molar-refractivity contribution in [2.45, 2.75) is 19.8 Å². The molecule has 46 valence electrons. The monoisotopic (exact) mass is 272 g/mol. The van der Waals surface area contributed by atoms with Crippen molar-refractivity contribution in [2.24, 2.45) is 0 Å². The smallest absolute Gasteiger partial charge is 0 e. The van der Waals surface area contributed by atoms with Crippen molar-refractivity contribution in [3.05, 3.63) is 25.5 Å². The molecule has 0 aromatic carbocycles. The van der Waals surface area contributed by atoms with Gasteiger partial charge in [0.1, 0.15) is 0 Å². The summed E-state index contributed by atoms with van der Waals surface area (Å²) in [6.45, 7) is 10.7. The SMILES string of the molecule is [CH]C[C-](C)C[C-]=C.[Y].[Y]. The van der Waals surface area contributed by atoms with Crippen LogP contribution in [0, 0.1) is 18.9 Å². The maximum Gasteiger partial charge on any atom is 0 e. The molecule has 0 bridgehead atoms. The van der Waals surface area contributed by atoms with Crippen LogP contribution in [0.3, 0.4) is 0 Å². The summed E-state index contributed by atoms with van der Waals surface area (Å²) in [5.74, 6) is 1.23. The predicted octanol–water partition coefficient (Wildman–Crippen LogP) is 2.06. The van der Waals surface area contributed by atoms with Gasteiger partial charge in [-0.25, -0.2) is 0 Å². The first-order chi connectivity index (χ1) is 3.31. The normalized spacial score (nSPS) is 7.44. The maximum absolute atomic E-state index is 5.25. The molecule has 0 aliphatic carbocycles. The Hall–Kier alpha value is 1.95. The van der Waals surface area contributed by atoms with E-state index in [-0.39, 0.29) is 65.4 Å². The molecule has 0 amide bonds. The van der Waals surface area contributed by atoms with Crippen LogP contribution in [0.15, 0.2) is 6.58 Å². The van der Waals surface area contributed by atoms with Crippen LogP contribution in [-0.2, 0) is 65.4 Å². The van der Waals surface area contributed by atoms with Gasteiger partial charge in [-0.15, -0.1) is 0 Å². The van der Waals surface area contributed by atoms with E-state index in [2.05, 4.69) is 12.7 Å². The molecule has 0 unspecified atom stereocenters. The Bertz CT molecular complexity index is 52.9. The summed E-state index contributed by atoms with van der Waals surface area (Å²) < 4.78 is 0. The molecule has 0 aliphatic rings. The fraction of sp³-hybridized carbons (Fsp3) is 0.429. The van der Waals surface area contributed by atoms with Crippen molar-refractivity contribution >= 4 is 0 Å². The molecule has 0 saturated carbocycles. The Morgan fingerprint density at radius 2 is 2.00 bits per heavy atom. The van der Waals surface area contributed by atoms with Crippen molar-refractivity contribution in [3.8, 4) is 0 Å². The van der Waals surface area contributed by atoms with Gasteiger partial charge in [-0.05, 0) is 0 Å². The third kappa shape index (κ3) is 13.0. The zero-order valence-electron chi connectivity index (χ0n) is 5.85. The van der Waals surface area contributed by atoms with E-state index in [0.29, 0.717) is 6.42 Å². The largest absolute Gasteiger partial charge is 0.534 e. The summed E-state index contributed by atoms with van der Waals surface area (Å²) in [7, 11) is 0. The number of allylic oxidation sites excluding steroid dienone is 1. The molecule has 0 nitrogen and oxygen atoms in total. The second-order valence-electron chi connectivity index (χ2n) is 1.59. The number of hydrogen-bond donors (Lipinski definition) is 0. The van der Waals surface area contributed by atoms with Crippen LogP contribution < -0.4 is 0 Å². The van der Waals surface area contributed by atoms with E-state index in [1.165, 1.54) is 5.92 Å². The Kier molecular flexibility index (Phi) is 24.0. The van der Waals surface area contributed by atoms with Crippen molar-refractivity contribution < 1.29 is 65.4 Å². The van der Waals surface area contributed by atoms with E-state index in [4.69, 9.17) is 6.92 Å². The van der Waals surface area contributed by atoms with Crippen LogP contribution in [0.4, 0.5) is 0 Å². The van der Waals surface area contributed by atoms with Gasteiger partial charge in [-0.2, -0.15) is 13.3 Å². The van der Waals surface area contributed by atoms with Gasteiger partial charge in [-0.1, -0.05) is 6.92 Å². The molecule has 0 aliphatic heterocycles. The van der Waals surface area contributed by atoms with Crippen molar-refractivity contribution in [2.75, 3.05) is 0 Å². The standard InChI is InChI=1S/C7H10.2Y/c1-4-6-7(3)5-2;;/h2H,1,5-6H2,3H3;;/q-2;;. The molecule has 0 N–H and O–H groups in total. The molecular formula is C7H10Y2-2. The average Bonchev–Trinajstić information content (AvgIpc) is 1.68. The Labute approximate surface area is 109 Å². The fourth-order valence-electron chi connectivity index (χ4n) is 0.286. The van der Waals surface area contributed by atoms with Crippen LogP contribution in [0.25, 0.3) is 0 Å². The summed E-state index contributed by atoms with van der Waals surface area (Å²) >= 11 is 0. The average molecular weight is 272 g/mol. The third-order valence-corrected chi connectivity index (χ3v) is 0.775. The van der Waals surface area contributed by atoms with Crippen LogP contribution in [0.2, 0.25) is 0 Å². The van der Waals surface area contributed by atoms with Crippen LogP contribution >= 0.6 is 0 Å². The molecule has 9 heavy (non-hydrogen) atoms. The first-order valence-corrected chi connectivity index (χ1v) is 2.32. The first kappa shape index (κ1) is 17.2. The van der Waals surface area contributed by atoms with E-state index in [1.54, 1.807) is 0 Å². The molecule has 0 atom stereocenters. The molecule has 0 heterocycles. The zero-order valence-corrected chi connectivity index (χ0v) is 11.5. The van der Waals surface area contributed by atoms with Gasteiger partial charge in [0.15, 0.2) is 0 Å². The predicted molar refractivity (Wildman–Crippen MR) is 31.3 cm³/mol. The summed E-state index contributed by atoms with van der Waals surface area (Å²) in [5.41, 5.74) is 0. The molecule has 0 fully saturated rings. The Balaban J connectivity index is -0.000000180. The summed E-state index contributed by atoms with van der Waals surface area (Å²) in [6, 6.07) is 0. The maximum atomic E-state index is 5.25. The van der Waals surface area contributed by atoms with Crippen molar-refractivity contribution in [1.29, 1.82) is 0 Å². The first-order valence-electron chi connectivity index (χ1n) is 2.32. The number of rotatable bonds is 3. The van der Waals surface area contributed by atoms with Gasteiger partial charge in [0.25, 0.3) is 0 Å². The molecule has 0 aromatic rings. The minimum Gasteiger partial charge on any atom is -0.534 e. The van der Waals surface area contributed by atoms with Crippen LogP contribution in [-0.4, -0.2) is 0 Å². The minimum atomic E-state index is 0. The number of hydrogen-bond acceptors (Lipinski definition) is 0. The van der Waals surface area contributed by atoms with Gasteiger partial charge in [0.05, 0.1) is 0 Å². The van der Waals surface area contributed by atoms with Gasteiger partial charge in [0, 0.05) is 65.4 Å². The van der Waals surface area contributed by atoms with E-state index in [0.717, 1.165) is 6.42 Å². The van der Waals surface area contributed by atoms with E-state index in [9.17, 15) is 0 Å². The Morgan fingerprint density at radius 3 is 2.11 bits per heavy atom. The van der Waals surface area contributed by atoms with Gasteiger partial charge in [0.2, 0.25) is 0 Å². The van der Waals surface area contributed by atoms with E-state index >= 15 is 0 Å². The molecule has 0 rings (SSSR count). The summed E-state index contributed by atoms with van der Waals surface area (Å²) in [5, 5.41) is 0. The molecule has 4 radical (unpaired) electrons. The fourth-order valence-corrected chi connectivity index (χ4v) is 0.286. The molecular weight excluding hydrogens is 262 g/mol. The quantitative estimate of drug-likeness (QED) is 0.690. The topological polar surface area (TPSA) is 0 Å². The van der Waals surface area contributed by atoms with Gasteiger partial charge in [-0.3, -0.25) is 6.58 Å². The minimum absolute atomic E-state index is 0. The molecule has 0 aromatic heterocycles. The molecule has 0 spiro atoms. The third-order valence-electron chi connectivity index (χ3n) is 0.775. The Morgan fingerprint density at radius 1 is 1.56 bits per heavy atom. The van der Waals surface area contributed by atoms with Crippen molar-refractivity contribution in [3.63, 3.8) is 0 Å². The van der Waals surface area contributed by atoms with Crippen LogP contribution in [0.5, 0.6) is 0 Å². The molecule has 2 heteroatoms. The van der Waals surface area contributed by atoms with E-state index in [1.807, 2.05) is 6.92 Å².